The number of halogens is 2. The number of hydrogen-bond acceptors (Lipinski definition) is 8. The highest BCUT2D eigenvalue weighted by Gasteiger charge is 2.39. The van der Waals surface area contributed by atoms with Crippen LogP contribution in [-0.4, -0.2) is 53.1 Å². The number of nitrogens with zero attached hydrogens (tertiary/aromatic N) is 1. The summed E-state index contributed by atoms with van der Waals surface area (Å²) in [5.41, 5.74) is 0.0217. The number of allylic oxidation sites excluding steroid dienone is 3. The van der Waals surface area contributed by atoms with Crippen molar-refractivity contribution in [3.05, 3.63) is 74.3 Å². The van der Waals surface area contributed by atoms with Crippen molar-refractivity contribution in [1.29, 1.82) is 0 Å². The number of hydrogen-bond donors (Lipinski definition) is 3. The van der Waals surface area contributed by atoms with Crippen LogP contribution in [0.2, 0.25) is 10.0 Å². The minimum Gasteiger partial charge on any atom is -0.744 e. The Hall–Kier alpha value is -3.51. The van der Waals surface area contributed by atoms with Gasteiger partial charge in [0.25, 0.3) is 5.91 Å². The van der Waals surface area contributed by atoms with E-state index in [2.05, 4.69) is 10.3 Å². The predicted octanol–water partition coefficient (Wildman–Crippen LogP) is 3.53. The van der Waals surface area contributed by atoms with E-state index < -0.39 is 49.2 Å². The van der Waals surface area contributed by atoms with Gasteiger partial charge in [0.1, 0.15) is 10.1 Å². The molecule has 0 radical (unpaired) electrons. The van der Waals surface area contributed by atoms with Gasteiger partial charge in [-0.25, -0.2) is 18.2 Å². The zero-order chi connectivity index (χ0) is 27.4. The van der Waals surface area contributed by atoms with Crippen molar-refractivity contribution in [3.63, 3.8) is 0 Å². The quantitative estimate of drug-likeness (QED) is 0.365. The molecule has 3 N–H and O–H groups in total. The van der Waals surface area contributed by atoms with Gasteiger partial charge in [0.2, 0.25) is 0 Å². The van der Waals surface area contributed by atoms with Crippen LogP contribution in [0, 0.1) is 0 Å². The minimum atomic E-state index is -5.18. The Morgan fingerprint density at radius 1 is 1.16 bits per heavy atom. The van der Waals surface area contributed by atoms with Crippen molar-refractivity contribution in [2.75, 3.05) is 6.54 Å². The van der Waals surface area contributed by atoms with E-state index >= 15 is 0 Å². The topological polar surface area (TPSA) is 173 Å². The lowest BCUT2D eigenvalue weighted by Crippen LogP contribution is -2.34. The van der Waals surface area contributed by atoms with E-state index in [1.54, 1.807) is 13.8 Å². The van der Waals surface area contributed by atoms with E-state index in [0.717, 1.165) is 12.1 Å². The second-order valence-electron chi connectivity index (χ2n) is 8.78. The molecule has 192 valence electrons. The molecule has 0 saturated carbocycles. The van der Waals surface area contributed by atoms with Gasteiger partial charge in [-0.1, -0.05) is 37.0 Å². The first-order valence-corrected chi connectivity index (χ1v) is 12.7. The molecule has 1 aliphatic carbocycles. The molecule has 0 aromatic heterocycles. The van der Waals surface area contributed by atoms with Gasteiger partial charge in [-0.2, -0.15) is 0 Å². The molecule has 1 heterocycles. The molecule has 2 aromatic rings. The number of fused-ring (bicyclic) bond motifs is 2. The molecule has 2 aliphatic rings. The van der Waals surface area contributed by atoms with Crippen molar-refractivity contribution < 1.29 is 37.6 Å². The molecule has 10 nitrogen and oxygen atoms in total. The average Bonchev–Trinajstić information content (AvgIpc) is 2.80. The number of ketones is 1. The number of aliphatic imine (C=N–C) groups is 1. The number of rotatable bonds is 5. The lowest BCUT2D eigenvalue weighted by Gasteiger charge is -2.36. The van der Waals surface area contributed by atoms with Crippen molar-refractivity contribution in [2.45, 2.75) is 24.2 Å². The summed E-state index contributed by atoms with van der Waals surface area (Å²) in [4.78, 5) is 40.2. The van der Waals surface area contributed by atoms with Gasteiger partial charge in [-0.3, -0.25) is 9.59 Å². The zero-order valence-electron chi connectivity index (χ0n) is 19.1. The largest absolute Gasteiger partial charge is 0.744 e. The Balaban J connectivity index is 1.67. The number of carbonyl (C=O) groups is 3. The van der Waals surface area contributed by atoms with Crippen LogP contribution in [0.4, 0.5) is 5.69 Å². The van der Waals surface area contributed by atoms with E-state index in [1.165, 1.54) is 18.2 Å². The van der Waals surface area contributed by atoms with Crippen LogP contribution in [0.1, 0.15) is 40.1 Å². The molecule has 0 atom stereocenters. The van der Waals surface area contributed by atoms with Crippen molar-refractivity contribution in [1.82, 2.24) is 5.32 Å². The minimum absolute atomic E-state index is 0.00210. The molecular formula is C24H17Cl2N2O8S-. The number of carboxylic acid groups (broad SMARTS) is 1. The SMILES string of the molecule is CC1(C)C2=CC(=O)C(CNC(=O)c3ccc(C(=O)O)cc3S(=O)(=O)[O-])=CC2=Nc2cc(Cl)c(O)c(Cl)c21. The molecule has 4 rings (SSSR count). The highest BCUT2D eigenvalue weighted by Crippen LogP contribution is 2.51. The Morgan fingerprint density at radius 2 is 1.84 bits per heavy atom. The molecule has 13 heteroatoms. The number of benzene rings is 2. The lowest BCUT2D eigenvalue weighted by molar-refractivity contribution is -0.111. The maximum atomic E-state index is 12.9. The fourth-order valence-electron chi connectivity index (χ4n) is 4.21. The summed E-state index contributed by atoms with van der Waals surface area (Å²) in [5, 5.41) is 21.6. The molecule has 2 aromatic carbocycles. The van der Waals surface area contributed by atoms with Gasteiger partial charge in [0.05, 0.1) is 37.5 Å². The highest BCUT2D eigenvalue weighted by molar-refractivity contribution is 7.85. The molecule has 0 unspecified atom stereocenters. The van der Waals surface area contributed by atoms with Gasteiger partial charge >= 0.3 is 5.97 Å². The number of phenols is 1. The van der Waals surface area contributed by atoms with E-state index in [1.807, 2.05) is 0 Å². The van der Waals surface area contributed by atoms with Gasteiger partial charge in [0, 0.05) is 23.1 Å². The van der Waals surface area contributed by atoms with Crippen LogP contribution in [0.5, 0.6) is 5.75 Å². The summed E-state index contributed by atoms with van der Waals surface area (Å²) in [7, 11) is -5.18. The van der Waals surface area contributed by atoms with Crippen LogP contribution in [0.25, 0.3) is 0 Å². The summed E-state index contributed by atoms with van der Waals surface area (Å²) in [6.45, 7) is 3.25. The Labute approximate surface area is 220 Å². The number of nitrogens with one attached hydrogen (secondary N) is 1. The third kappa shape index (κ3) is 4.66. The standard InChI is InChI=1S/C24H18Cl2N2O8S/c1-24(2)13-7-17(29)11(5-15(13)28-16-8-14(25)21(30)20(26)19(16)24)9-27-22(31)12-4-3-10(23(32)33)6-18(12)37(34,35)36/h3-8,30H,9H2,1-2H3,(H,27,31)(H,32,33)(H,34,35,36)/p-1. The van der Waals surface area contributed by atoms with Crippen LogP contribution in [-0.2, 0) is 20.3 Å². The van der Waals surface area contributed by atoms with Gasteiger partial charge < -0.3 is 20.1 Å². The normalized spacial score (nSPS) is 16.1. The zero-order valence-corrected chi connectivity index (χ0v) is 21.5. The van der Waals surface area contributed by atoms with Crippen LogP contribution < -0.4 is 5.32 Å². The van der Waals surface area contributed by atoms with Crippen molar-refractivity contribution in [3.8, 4) is 5.75 Å². The smallest absolute Gasteiger partial charge is 0.335 e. The van der Waals surface area contributed by atoms with Crippen LogP contribution in [0.3, 0.4) is 0 Å². The molecule has 1 aliphatic heterocycles. The van der Waals surface area contributed by atoms with Crippen molar-refractivity contribution in [2.24, 2.45) is 4.99 Å². The molecule has 0 bridgehead atoms. The second-order valence-corrected chi connectivity index (χ2v) is 10.9. The number of aromatic carboxylic acids is 1. The maximum Gasteiger partial charge on any atom is 0.335 e. The monoisotopic (exact) mass is 563 g/mol. The van der Waals surface area contributed by atoms with E-state index in [9.17, 15) is 32.5 Å². The van der Waals surface area contributed by atoms with Crippen LogP contribution in [0.15, 0.2) is 57.5 Å². The van der Waals surface area contributed by atoms with Gasteiger partial charge in [-0.15, -0.1) is 0 Å². The molecule has 37 heavy (non-hydrogen) atoms. The van der Waals surface area contributed by atoms with Gasteiger partial charge in [0.15, 0.2) is 11.5 Å². The molecule has 0 fully saturated rings. The Bertz CT molecular complexity index is 1620. The fourth-order valence-corrected chi connectivity index (χ4v) is 5.59. The maximum absolute atomic E-state index is 12.9. The number of amides is 1. The summed E-state index contributed by atoms with van der Waals surface area (Å²) < 4.78 is 34.9. The van der Waals surface area contributed by atoms with Crippen LogP contribution >= 0.6 is 23.2 Å². The molecular weight excluding hydrogens is 547 g/mol. The first-order chi connectivity index (χ1) is 17.1. The fraction of sp³-hybridized carbons (Fsp3) is 0.167. The Morgan fingerprint density at radius 3 is 2.46 bits per heavy atom. The number of aromatic hydroxyl groups is 1. The first kappa shape index (κ1) is 26.6. The summed E-state index contributed by atoms with van der Waals surface area (Å²) in [5.74, 6) is -3.24. The van der Waals surface area contributed by atoms with E-state index in [-0.39, 0.29) is 27.9 Å². The Kier molecular flexibility index (Phi) is 6.53. The summed E-state index contributed by atoms with van der Waals surface area (Å²) >= 11 is 12.4. The second kappa shape index (κ2) is 9.10. The third-order valence-corrected chi connectivity index (χ3v) is 7.61. The highest BCUT2D eigenvalue weighted by atomic mass is 35.5. The summed E-state index contributed by atoms with van der Waals surface area (Å²) in [6, 6.07) is 3.94. The molecule has 0 saturated heterocycles. The predicted molar refractivity (Wildman–Crippen MR) is 133 cm³/mol. The third-order valence-electron chi connectivity index (χ3n) is 6.07. The first-order valence-electron chi connectivity index (χ1n) is 10.5. The molecule has 1 amide bonds. The average molecular weight is 564 g/mol. The number of carboxylic acids is 1. The lowest BCUT2D eigenvalue weighted by atomic mass is 9.70. The van der Waals surface area contributed by atoms with E-state index in [4.69, 9.17) is 28.3 Å². The molecule has 0 spiro atoms. The van der Waals surface area contributed by atoms with E-state index in [0.29, 0.717) is 28.6 Å². The summed E-state index contributed by atoms with van der Waals surface area (Å²) in [6.07, 6.45) is 2.79. The van der Waals surface area contributed by atoms with Crippen molar-refractivity contribution >= 4 is 62.4 Å². The van der Waals surface area contributed by atoms with Gasteiger partial charge in [-0.05, 0) is 42.0 Å². The number of carbonyl (C=O) groups excluding carboxylic acids is 2. The number of phenolic OH excluding ortho intramolecular Hbond substituents is 1.